The quantitative estimate of drug-likeness (QED) is 0.432. The van der Waals surface area contributed by atoms with Crippen molar-refractivity contribution >= 4 is 28.9 Å². The van der Waals surface area contributed by atoms with E-state index >= 15 is 4.39 Å². The number of carbonyl (C=O) groups is 2. The number of carboxylic acids is 1. The van der Waals surface area contributed by atoms with Crippen molar-refractivity contribution in [1.82, 2.24) is 19.5 Å². The lowest BCUT2D eigenvalue weighted by molar-refractivity contribution is -0.174. The zero-order valence-electron chi connectivity index (χ0n) is 21.9. The number of hydrogen-bond donors (Lipinski definition) is 2. The van der Waals surface area contributed by atoms with Gasteiger partial charge in [0, 0.05) is 13.0 Å². The first kappa shape index (κ1) is 26.0. The Kier molecular flexibility index (Phi) is 6.58. The summed E-state index contributed by atoms with van der Waals surface area (Å²) in [6, 6.07) is 4.97. The Morgan fingerprint density at radius 1 is 1.18 bits per heavy atom. The van der Waals surface area contributed by atoms with Crippen LogP contribution in [-0.4, -0.2) is 53.9 Å². The van der Waals surface area contributed by atoms with Gasteiger partial charge in [0.15, 0.2) is 34.5 Å². The fourth-order valence-electron chi connectivity index (χ4n) is 5.78. The van der Waals surface area contributed by atoms with Crippen LogP contribution >= 0.6 is 0 Å². The number of aromatic carboxylic acids is 1. The van der Waals surface area contributed by atoms with Gasteiger partial charge in [-0.1, -0.05) is 31.4 Å². The van der Waals surface area contributed by atoms with E-state index in [2.05, 4.69) is 20.3 Å². The highest BCUT2D eigenvalue weighted by Crippen LogP contribution is 2.57. The van der Waals surface area contributed by atoms with Crippen LogP contribution in [0.15, 0.2) is 30.9 Å². The summed E-state index contributed by atoms with van der Waals surface area (Å²) in [6.45, 7) is 5.61. The predicted octanol–water partition coefficient (Wildman–Crippen LogP) is 4.90. The number of ether oxygens (including phenoxy) is 2. The molecule has 11 heteroatoms. The first-order chi connectivity index (χ1) is 18.0. The molecule has 2 fully saturated rings. The van der Waals surface area contributed by atoms with E-state index in [9.17, 15) is 14.7 Å². The minimum absolute atomic E-state index is 0.0551. The standard InChI is InChI=1S/C27H32FN5O5/c1-15-18(11-8-12-19(15)24(35)36)21-27(4,38-16(2)34)26(3,28)25(37-21)33-14-31-20-22(29-13-30-23(20)33)32-17-9-6-5-7-10-17/h8,11-14,17,21,25H,5-7,9-10H2,1-4H3,(H,35,36)(H,29,30,32)/t21-,25?,26+,27?/m1/s1. The Morgan fingerprint density at radius 3 is 2.61 bits per heavy atom. The van der Waals surface area contributed by atoms with Crippen LogP contribution in [0.1, 0.15) is 86.7 Å². The number of esters is 1. The van der Waals surface area contributed by atoms with E-state index in [1.807, 2.05) is 0 Å². The molecule has 10 nitrogen and oxygen atoms in total. The van der Waals surface area contributed by atoms with Crippen LogP contribution in [0.4, 0.5) is 10.2 Å². The average molecular weight is 526 g/mol. The van der Waals surface area contributed by atoms with Crippen LogP contribution in [0.3, 0.4) is 0 Å². The third-order valence-electron chi connectivity index (χ3n) is 8.00. The normalized spacial score (nSPS) is 27.9. The molecule has 3 heterocycles. The summed E-state index contributed by atoms with van der Waals surface area (Å²) in [5.41, 5.74) is -2.33. The molecule has 0 spiro atoms. The second-order valence-electron chi connectivity index (χ2n) is 10.5. The van der Waals surface area contributed by atoms with Crippen molar-refractivity contribution in [2.45, 2.75) is 89.4 Å². The molecule has 0 radical (unpaired) electrons. The summed E-state index contributed by atoms with van der Waals surface area (Å²) in [5, 5.41) is 13.1. The molecule has 1 aliphatic carbocycles. The number of hydrogen-bond acceptors (Lipinski definition) is 8. The van der Waals surface area contributed by atoms with Gasteiger partial charge < -0.3 is 19.9 Å². The number of nitrogens with zero attached hydrogens (tertiary/aromatic N) is 4. The fraction of sp³-hybridized carbons (Fsp3) is 0.519. The van der Waals surface area contributed by atoms with Crippen LogP contribution in [0.2, 0.25) is 0 Å². The van der Waals surface area contributed by atoms with Crippen molar-refractivity contribution < 1.29 is 28.6 Å². The molecule has 38 heavy (non-hydrogen) atoms. The molecule has 0 bridgehead atoms. The van der Waals surface area contributed by atoms with Gasteiger partial charge in [0.1, 0.15) is 12.4 Å². The molecule has 1 aliphatic heterocycles. The third-order valence-corrected chi connectivity index (χ3v) is 8.00. The van der Waals surface area contributed by atoms with Gasteiger partial charge in [-0.15, -0.1) is 0 Å². The first-order valence-corrected chi connectivity index (χ1v) is 12.9. The number of benzene rings is 1. The highest BCUT2D eigenvalue weighted by molar-refractivity contribution is 5.89. The van der Waals surface area contributed by atoms with Crippen molar-refractivity contribution in [2.75, 3.05) is 5.32 Å². The number of carbonyl (C=O) groups excluding carboxylic acids is 1. The van der Waals surface area contributed by atoms with Crippen LogP contribution in [0, 0.1) is 6.92 Å². The maximum atomic E-state index is 16.9. The Balaban J connectivity index is 1.58. The maximum absolute atomic E-state index is 16.9. The number of anilines is 1. The molecule has 2 N–H and O–H groups in total. The molecule has 202 valence electrons. The minimum Gasteiger partial charge on any atom is -0.478 e. The van der Waals surface area contributed by atoms with Gasteiger partial charge in [-0.25, -0.2) is 24.1 Å². The van der Waals surface area contributed by atoms with Gasteiger partial charge >= 0.3 is 11.9 Å². The molecule has 1 saturated heterocycles. The van der Waals surface area contributed by atoms with E-state index < -0.39 is 35.5 Å². The number of halogens is 1. The van der Waals surface area contributed by atoms with Crippen LogP contribution in [0.25, 0.3) is 11.2 Å². The number of fused-ring (bicyclic) bond motifs is 1. The molecule has 2 unspecified atom stereocenters. The molecule has 1 saturated carbocycles. The van der Waals surface area contributed by atoms with Crippen LogP contribution < -0.4 is 5.32 Å². The number of rotatable bonds is 6. The molecule has 2 aromatic heterocycles. The summed E-state index contributed by atoms with van der Waals surface area (Å²) in [5.74, 6) is -1.23. The summed E-state index contributed by atoms with van der Waals surface area (Å²) >= 11 is 0. The highest BCUT2D eigenvalue weighted by atomic mass is 19.1. The predicted molar refractivity (Wildman–Crippen MR) is 137 cm³/mol. The highest BCUT2D eigenvalue weighted by Gasteiger charge is 2.67. The third kappa shape index (κ3) is 4.18. The zero-order chi connectivity index (χ0) is 27.2. The van der Waals surface area contributed by atoms with Gasteiger partial charge in [0.05, 0.1) is 11.9 Å². The minimum atomic E-state index is -2.26. The monoisotopic (exact) mass is 525 g/mol. The molecular formula is C27H32FN5O5. The van der Waals surface area contributed by atoms with Crippen LogP contribution in [0.5, 0.6) is 0 Å². The lowest BCUT2D eigenvalue weighted by atomic mass is 9.80. The lowest BCUT2D eigenvalue weighted by Crippen LogP contribution is -2.51. The lowest BCUT2D eigenvalue weighted by Gasteiger charge is -2.37. The van der Waals surface area contributed by atoms with E-state index in [1.54, 1.807) is 19.1 Å². The molecule has 4 atom stereocenters. The topological polar surface area (TPSA) is 128 Å². The number of aromatic nitrogens is 4. The zero-order valence-corrected chi connectivity index (χ0v) is 21.9. The van der Waals surface area contributed by atoms with Gasteiger partial charge in [-0.2, -0.15) is 0 Å². The van der Waals surface area contributed by atoms with E-state index in [0.717, 1.165) is 25.7 Å². The molecule has 0 amide bonds. The fourth-order valence-corrected chi connectivity index (χ4v) is 5.78. The molecule has 2 aliphatic rings. The van der Waals surface area contributed by atoms with Gasteiger partial charge in [-0.05, 0) is 50.8 Å². The van der Waals surface area contributed by atoms with Crippen molar-refractivity contribution in [3.8, 4) is 0 Å². The Hall–Kier alpha value is -3.60. The second kappa shape index (κ2) is 9.61. The molecule has 5 rings (SSSR count). The van der Waals surface area contributed by atoms with Crippen molar-refractivity contribution in [3.63, 3.8) is 0 Å². The number of nitrogens with one attached hydrogen (secondary N) is 1. The molecular weight excluding hydrogens is 493 g/mol. The Bertz CT molecular complexity index is 1390. The largest absolute Gasteiger partial charge is 0.478 e. The number of alkyl halides is 1. The van der Waals surface area contributed by atoms with E-state index in [4.69, 9.17) is 9.47 Å². The molecule has 1 aromatic carbocycles. The summed E-state index contributed by atoms with van der Waals surface area (Å²) < 4.78 is 30.4. The van der Waals surface area contributed by atoms with Crippen molar-refractivity contribution in [1.29, 1.82) is 0 Å². The molecule has 3 aromatic rings. The Morgan fingerprint density at radius 2 is 1.92 bits per heavy atom. The van der Waals surface area contributed by atoms with Gasteiger partial charge in [0.2, 0.25) is 0 Å². The SMILES string of the molecule is CC(=O)OC1(C)[C@@H](c2cccc(C(=O)O)c2C)OC(n2cnc3c(NC4CCCCC4)ncnc32)[C@]1(C)F. The van der Waals surface area contributed by atoms with Gasteiger partial charge in [-0.3, -0.25) is 9.36 Å². The average Bonchev–Trinajstić information content (AvgIpc) is 3.37. The number of imidazole rings is 1. The number of carboxylic acid groups (broad SMARTS) is 1. The first-order valence-electron chi connectivity index (χ1n) is 12.9. The van der Waals surface area contributed by atoms with E-state index in [1.165, 1.54) is 50.5 Å². The Labute approximate surface area is 219 Å². The maximum Gasteiger partial charge on any atom is 0.335 e. The van der Waals surface area contributed by atoms with E-state index in [0.29, 0.717) is 28.1 Å². The summed E-state index contributed by atoms with van der Waals surface area (Å²) in [6.07, 6.45) is 6.05. The van der Waals surface area contributed by atoms with Gasteiger partial charge in [0.25, 0.3) is 0 Å². The second-order valence-corrected chi connectivity index (χ2v) is 10.5. The smallest absolute Gasteiger partial charge is 0.335 e. The van der Waals surface area contributed by atoms with Crippen LogP contribution in [-0.2, 0) is 14.3 Å². The van der Waals surface area contributed by atoms with Crippen molar-refractivity contribution in [3.05, 3.63) is 47.5 Å². The van der Waals surface area contributed by atoms with Crippen molar-refractivity contribution in [2.24, 2.45) is 0 Å². The summed E-state index contributed by atoms with van der Waals surface area (Å²) in [4.78, 5) is 37.2. The summed E-state index contributed by atoms with van der Waals surface area (Å²) in [7, 11) is 0. The van der Waals surface area contributed by atoms with E-state index in [-0.39, 0.29) is 11.6 Å².